The number of rotatable bonds is 6. The molecule has 0 aliphatic heterocycles. The summed E-state index contributed by atoms with van der Waals surface area (Å²) < 4.78 is 5.46. The van der Waals surface area contributed by atoms with E-state index in [0.29, 0.717) is 16.8 Å². The second kappa shape index (κ2) is 7.80. The van der Waals surface area contributed by atoms with Crippen LogP contribution in [-0.4, -0.2) is 17.1 Å². The van der Waals surface area contributed by atoms with Gasteiger partial charge < -0.3 is 10.1 Å². The lowest BCUT2D eigenvalue weighted by Gasteiger charge is -2.23. The van der Waals surface area contributed by atoms with Crippen molar-refractivity contribution in [3.8, 4) is 11.8 Å². The van der Waals surface area contributed by atoms with Crippen LogP contribution >= 0.6 is 11.6 Å². The number of nitriles is 1. The van der Waals surface area contributed by atoms with E-state index in [1.54, 1.807) is 19.4 Å². The summed E-state index contributed by atoms with van der Waals surface area (Å²) in [5.74, 6) is 1.84. The molecule has 0 aliphatic rings. The zero-order valence-electron chi connectivity index (χ0n) is 13.4. The molecular formula is C17H19ClN4O. The normalized spacial score (nSPS) is 11.8. The smallest absolute Gasteiger partial charge is 0.158 e. The minimum absolute atomic E-state index is 0.0223. The number of aromatic nitrogens is 2. The van der Waals surface area contributed by atoms with E-state index in [-0.39, 0.29) is 11.7 Å². The lowest BCUT2D eigenvalue weighted by molar-refractivity contribution is 0.402. The van der Waals surface area contributed by atoms with Crippen molar-refractivity contribution in [2.75, 3.05) is 12.4 Å². The molecule has 1 heterocycles. The molecule has 1 atom stereocenters. The third-order valence-electron chi connectivity index (χ3n) is 3.36. The molecule has 5 nitrogen and oxygen atoms in total. The fourth-order valence-corrected chi connectivity index (χ4v) is 2.53. The van der Waals surface area contributed by atoms with Gasteiger partial charge in [0.05, 0.1) is 25.5 Å². The molecule has 0 saturated carbocycles. The van der Waals surface area contributed by atoms with Crippen molar-refractivity contribution in [1.82, 2.24) is 9.97 Å². The van der Waals surface area contributed by atoms with Crippen LogP contribution in [0, 0.1) is 17.2 Å². The average Bonchev–Trinajstić information content (AvgIpc) is 2.54. The van der Waals surface area contributed by atoms with Crippen LogP contribution in [0.2, 0.25) is 5.02 Å². The van der Waals surface area contributed by atoms with E-state index >= 15 is 0 Å². The molecule has 0 bridgehead atoms. The molecule has 0 radical (unpaired) electrons. The number of benzene rings is 1. The molecule has 23 heavy (non-hydrogen) atoms. The van der Waals surface area contributed by atoms with E-state index in [4.69, 9.17) is 21.6 Å². The van der Waals surface area contributed by atoms with Gasteiger partial charge in [0.2, 0.25) is 0 Å². The SMILES string of the molecule is COc1ccc(Cl)cc1C(CC(C)C)Nc1cnc(C#N)cn1. The summed E-state index contributed by atoms with van der Waals surface area (Å²) >= 11 is 6.15. The molecule has 0 aliphatic carbocycles. The quantitative estimate of drug-likeness (QED) is 0.859. The van der Waals surface area contributed by atoms with Gasteiger partial charge in [0.15, 0.2) is 5.69 Å². The van der Waals surface area contributed by atoms with E-state index in [0.717, 1.165) is 17.7 Å². The van der Waals surface area contributed by atoms with Gasteiger partial charge in [0.25, 0.3) is 0 Å². The number of hydrogen-bond acceptors (Lipinski definition) is 5. The summed E-state index contributed by atoms with van der Waals surface area (Å²) in [5, 5.41) is 12.8. The molecule has 0 spiro atoms. The van der Waals surface area contributed by atoms with Crippen molar-refractivity contribution in [3.05, 3.63) is 46.9 Å². The monoisotopic (exact) mass is 330 g/mol. The fraction of sp³-hybridized carbons (Fsp3) is 0.353. The Balaban J connectivity index is 2.33. The molecule has 0 fully saturated rings. The third-order valence-corrected chi connectivity index (χ3v) is 3.60. The van der Waals surface area contributed by atoms with Crippen molar-refractivity contribution in [1.29, 1.82) is 5.26 Å². The predicted molar refractivity (Wildman–Crippen MR) is 90.6 cm³/mol. The Morgan fingerprint density at radius 1 is 1.30 bits per heavy atom. The molecule has 1 aromatic carbocycles. The summed E-state index contributed by atoms with van der Waals surface area (Å²) in [7, 11) is 1.64. The lowest BCUT2D eigenvalue weighted by atomic mass is 9.96. The second-order valence-corrected chi connectivity index (χ2v) is 6.05. The topological polar surface area (TPSA) is 70.8 Å². The van der Waals surface area contributed by atoms with Crippen molar-refractivity contribution in [2.45, 2.75) is 26.3 Å². The van der Waals surface area contributed by atoms with Gasteiger partial charge >= 0.3 is 0 Å². The maximum atomic E-state index is 8.80. The van der Waals surface area contributed by atoms with E-state index in [9.17, 15) is 0 Å². The van der Waals surface area contributed by atoms with Crippen LogP contribution in [0.15, 0.2) is 30.6 Å². The van der Waals surface area contributed by atoms with Crippen LogP contribution in [0.3, 0.4) is 0 Å². The Bertz CT molecular complexity index is 695. The Labute approximate surface area is 141 Å². The molecule has 2 rings (SSSR count). The van der Waals surface area contributed by atoms with E-state index in [1.807, 2.05) is 18.2 Å². The summed E-state index contributed by atoms with van der Waals surface area (Å²) in [4.78, 5) is 8.27. The second-order valence-electron chi connectivity index (χ2n) is 5.61. The van der Waals surface area contributed by atoms with E-state index in [1.165, 1.54) is 6.20 Å². The number of halogens is 1. The van der Waals surface area contributed by atoms with Crippen LogP contribution in [0.4, 0.5) is 5.82 Å². The summed E-state index contributed by atoms with van der Waals surface area (Å²) in [6, 6.07) is 7.50. The highest BCUT2D eigenvalue weighted by Gasteiger charge is 2.19. The number of nitrogens with one attached hydrogen (secondary N) is 1. The van der Waals surface area contributed by atoms with Gasteiger partial charge in [-0.15, -0.1) is 0 Å². The van der Waals surface area contributed by atoms with Gasteiger partial charge in [-0.2, -0.15) is 5.26 Å². The van der Waals surface area contributed by atoms with Gasteiger partial charge in [-0.1, -0.05) is 25.4 Å². The highest BCUT2D eigenvalue weighted by molar-refractivity contribution is 6.30. The van der Waals surface area contributed by atoms with Crippen LogP contribution in [0.1, 0.15) is 37.6 Å². The summed E-state index contributed by atoms with van der Waals surface area (Å²) in [5.41, 5.74) is 1.26. The Kier molecular flexibility index (Phi) is 5.78. The van der Waals surface area contributed by atoms with Gasteiger partial charge in [0.1, 0.15) is 17.6 Å². The van der Waals surface area contributed by atoms with Gasteiger partial charge in [-0.05, 0) is 30.5 Å². The van der Waals surface area contributed by atoms with E-state index < -0.39 is 0 Å². The van der Waals surface area contributed by atoms with Gasteiger partial charge in [-0.3, -0.25) is 0 Å². The van der Waals surface area contributed by atoms with Crippen LogP contribution < -0.4 is 10.1 Å². The minimum atomic E-state index is -0.0223. The van der Waals surface area contributed by atoms with E-state index in [2.05, 4.69) is 29.1 Å². The van der Waals surface area contributed by atoms with Crippen LogP contribution in [-0.2, 0) is 0 Å². The molecule has 6 heteroatoms. The standard InChI is InChI=1S/C17H19ClN4O/c1-11(2)6-15(14-7-12(18)4-5-16(14)23-3)22-17-10-20-13(8-19)9-21-17/h4-5,7,9-11,15H,6H2,1-3H3,(H,21,22). The zero-order valence-corrected chi connectivity index (χ0v) is 14.1. The highest BCUT2D eigenvalue weighted by atomic mass is 35.5. The summed E-state index contributed by atoms with van der Waals surface area (Å²) in [6.07, 6.45) is 3.88. The van der Waals surface area contributed by atoms with Crippen molar-refractivity contribution >= 4 is 17.4 Å². The molecular weight excluding hydrogens is 312 g/mol. The van der Waals surface area contributed by atoms with Crippen LogP contribution in [0.25, 0.3) is 0 Å². The highest BCUT2D eigenvalue weighted by Crippen LogP contribution is 2.33. The van der Waals surface area contributed by atoms with Crippen molar-refractivity contribution in [3.63, 3.8) is 0 Å². The molecule has 1 unspecified atom stereocenters. The maximum absolute atomic E-state index is 8.80. The largest absolute Gasteiger partial charge is 0.496 e. The minimum Gasteiger partial charge on any atom is -0.496 e. The first-order valence-corrected chi connectivity index (χ1v) is 7.73. The van der Waals surface area contributed by atoms with Crippen molar-refractivity contribution < 1.29 is 4.74 Å². The third kappa shape index (κ3) is 4.57. The van der Waals surface area contributed by atoms with Gasteiger partial charge in [-0.25, -0.2) is 9.97 Å². The van der Waals surface area contributed by atoms with Gasteiger partial charge in [0, 0.05) is 10.6 Å². The number of hydrogen-bond donors (Lipinski definition) is 1. The maximum Gasteiger partial charge on any atom is 0.158 e. The predicted octanol–water partition coefficient (Wildman–Crippen LogP) is 4.21. The number of anilines is 1. The molecule has 1 N–H and O–H groups in total. The molecule has 2 aromatic rings. The number of nitrogens with zero attached hydrogens (tertiary/aromatic N) is 3. The molecule has 0 amide bonds. The first-order valence-electron chi connectivity index (χ1n) is 7.35. The first-order chi connectivity index (χ1) is 11.0. The Morgan fingerprint density at radius 3 is 2.65 bits per heavy atom. The number of ether oxygens (including phenoxy) is 1. The average molecular weight is 331 g/mol. The molecule has 0 saturated heterocycles. The molecule has 1 aromatic heterocycles. The Morgan fingerprint density at radius 2 is 2.09 bits per heavy atom. The summed E-state index contributed by atoms with van der Waals surface area (Å²) in [6.45, 7) is 4.30. The fourth-order valence-electron chi connectivity index (χ4n) is 2.35. The zero-order chi connectivity index (χ0) is 16.8. The van der Waals surface area contributed by atoms with Crippen LogP contribution in [0.5, 0.6) is 5.75 Å². The number of methoxy groups -OCH3 is 1. The lowest BCUT2D eigenvalue weighted by Crippen LogP contribution is -2.15. The Hall–Kier alpha value is -2.32. The molecule has 120 valence electrons. The first kappa shape index (κ1) is 17.0. The van der Waals surface area contributed by atoms with Crippen molar-refractivity contribution in [2.24, 2.45) is 5.92 Å².